The minimum atomic E-state index is -0.0690. The highest BCUT2D eigenvalue weighted by Crippen LogP contribution is 2.60. The molecule has 4 bridgehead atoms. The van der Waals surface area contributed by atoms with Crippen molar-refractivity contribution in [3.63, 3.8) is 0 Å². The second-order valence-electron chi connectivity index (χ2n) is 11.1. The third kappa shape index (κ3) is 3.57. The molecule has 7 rings (SSSR count). The van der Waals surface area contributed by atoms with Gasteiger partial charge in [0.05, 0.1) is 11.3 Å². The molecule has 4 saturated carbocycles. The lowest BCUT2D eigenvalue weighted by Crippen LogP contribution is -2.59. The molecular formula is C25H35N5O2. The van der Waals surface area contributed by atoms with Crippen LogP contribution in [0.5, 0.6) is 0 Å². The molecular weight excluding hydrogens is 402 g/mol. The van der Waals surface area contributed by atoms with Crippen LogP contribution in [0.15, 0.2) is 18.5 Å². The van der Waals surface area contributed by atoms with Crippen molar-refractivity contribution < 1.29 is 9.59 Å². The minimum absolute atomic E-state index is 0.00189. The van der Waals surface area contributed by atoms with E-state index in [1.807, 2.05) is 11.0 Å². The van der Waals surface area contributed by atoms with Crippen molar-refractivity contribution in [1.82, 2.24) is 19.8 Å². The van der Waals surface area contributed by atoms with Gasteiger partial charge < -0.3 is 14.7 Å². The van der Waals surface area contributed by atoms with E-state index in [0.717, 1.165) is 62.4 Å². The molecule has 172 valence electrons. The van der Waals surface area contributed by atoms with E-state index in [4.69, 9.17) is 0 Å². The quantitative estimate of drug-likeness (QED) is 0.727. The first-order chi connectivity index (χ1) is 15.6. The van der Waals surface area contributed by atoms with Crippen LogP contribution in [0.2, 0.25) is 0 Å². The molecule has 4 aliphatic carbocycles. The molecule has 1 aromatic heterocycles. The molecule has 3 heterocycles. The van der Waals surface area contributed by atoms with Crippen molar-refractivity contribution in [1.29, 1.82) is 0 Å². The van der Waals surface area contributed by atoms with Crippen molar-refractivity contribution in [3.05, 3.63) is 18.5 Å². The van der Waals surface area contributed by atoms with Crippen LogP contribution in [0.1, 0.15) is 51.4 Å². The van der Waals surface area contributed by atoms with Gasteiger partial charge in [-0.3, -0.25) is 9.59 Å². The molecule has 2 amide bonds. The number of hydrogen-bond donors (Lipinski definition) is 0. The number of carbonyl (C=O) groups is 2. The maximum absolute atomic E-state index is 13.6. The Kier molecular flexibility index (Phi) is 5.10. The highest BCUT2D eigenvalue weighted by Gasteiger charge is 2.55. The maximum atomic E-state index is 13.6. The molecule has 6 aliphatic rings. The van der Waals surface area contributed by atoms with E-state index in [1.54, 1.807) is 12.4 Å². The van der Waals surface area contributed by atoms with Gasteiger partial charge in [-0.25, -0.2) is 9.97 Å². The molecule has 1 atom stereocenters. The second kappa shape index (κ2) is 7.99. The number of rotatable bonds is 3. The lowest BCUT2D eigenvalue weighted by molar-refractivity contribution is -0.161. The van der Waals surface area contributed by atoms with E-state index < -0.39 is 0 Å². The van der Waals surface area contributed by atoms with Gasteiger partial charge in [0, 0.05) is 51.7 Å². The summed E-state index contributed by atoms with van der Waals surface area (Å²) in [7, 11) is 0. The Morgan fingerprint density at radius 3 is 2.06 bits per heavy atom. The monoisotopic (exact) mass is 437 g/mol. The van der Waals surface area contributed by atoms with Crippen molar-refractivity contribution in [2.45, 2.75) is 51.4 Å². The fourth-order valence-corrected chi connectivity index (χ4v) is 7.91. The lowest BCUT2D eigenvalue weighted by atomic mass is 9.49. The van der Waals surface area contributed by atoms with Gasteiger partial charge in [-0.2, -0.15) is 0 Å². The van der Waals surface area contributed by atoms with E-state index in [9.17, 15) is 9.59 Å². The Balaban J connectivity index is 1.06. The Morgan fingerprint density at radius 1 is 0.844 bits per heavy atom. The number of piperidine rings is 1. The Labute approximate surface area is 190 Å². The van der Waals surface area contributed by atoms with Crippen molar-refractivity contribution in [2.24, 2.45) is 29.1 Å². The molecule has 0 N–H and O–H groups in total. The maximum Gasteiger partial charge on any atom is 0.228 e. The van der Waals surface area contributed by atoms with Gasteiger partial charge in [-0.15, -0.1) is 0 Å². The van der Waals surface area contributed by atoms with E-state index in [-0.39, 0.29) is 17.2 Å². The summed E-state index contributed by atoms with van der Waals surface area (Å²) in [5, 5.41) is 0. The number of carbonyl (C=O) groups excluding carboxylic acids is 2. The number of anilines is 1. The first-order valence-corrected chi connectivity index (χ1v) is 12.7. The molecule has 2 saturated heterocycles. The molecule has 7 heteroatoms. The molecule has 6 fully saturated rings. The van der Waals surface area contributed by atoms with Gasteiger partial charge in [-0.1, -0.05) is 0 Å². The molecule has 0 radical (unpaired) electrons. The number of piperazine rings is 1. The predicted octanol–water partition coefficient (Wildman–Crippen LogP) is 2.58. The van der Waals surface area contributed by atoms with Crippen LogP contribution in [0.25, 0.3) is 0 Å². The van der Waals surface area contributed by atoms with Crippen molar-refractivity contribution in [2.75, 3.05) is 44.2 Å². The first-order valence-electron chi connectivity index (χ1n) is 12.7. The van der Waals surface area contributed by atoms with Crippen molar-refractivity contribution in [3.8, 4) is 0 Å². The second-order valence-corrected chi connectivity index (χ2v) is 11.1. The summed E-state index contributed by atoms with van der Waals surface area (Å²) in [4.78, 5) is 41.9. The summed E-state index contributed by atoms with van der Waals surface area (Å²) >= 11 is 0. The molecule has 1 unspecified atom stereocenters. The van der Waals surface area contributed by atoms with E-state index in [0.29, 0.717) is 38.6 Å². The molecule has 0 aromatic carbocycles. The van der Waals surface area contributed by atoms with Gasteiger partial charge in [0.15, 0.2) is 0 Å². The lowest BCUT2D eigenvalue weighted by Gasteiger charge is -2.57. The van der Waals surface area contributed by atoms with Gasteiger partial charge in [0.25, 0.3) is 0 Å². The largest absolute Gasteiger partial charge is 0.340 e. The summed E-state index contributed by atoms with van der Waals surface area (Å²) in [6.45, 7) is 4.34. The zero-order valence-electron chi connectivity index (χ0n) is 19.0. The van der Waals surface area contributed by atoms with Gasteiger partial charge >= 0.3 is 0 Å². The van der Waals surface area contributed by atoms with Crippen LogP contribution in [0.3, 0.4) is 0 Å². The topological polar surface area (TPSA) is 69.6 Å². The van der Waals surface area contributed by atoms with Crippen molar-refractivity contribution >= 4 is 17.8 Å². The normalized spacial score (nSPS) is 36.4. The number of amides is 2. The molecule has 32 heavy (non-hydrogen) atoms. The SMILES string of the molecule is O=C(C1CCCN(c2ncccn2)C1)N1CCN(C(=O)C23CC4CC(CC(C4)C2)C3)CC1. The number of hydrogen-bond acceptors (Lipinski definition) is 5. The van der Waals surface area contributed by atoms with E-state index >= 15 is 0 Å². The van der Waals surface area contributed by atoms with Gasteiger partial charge in [0.2, 0.25) is 17.8 Å². The van der Waals surface area contributed by atoms with Crippen LogP contribution in [-0.2, 0) is 9.59 Å². The third-order valence-electron chi connectivity index (χ3n) is 8.98. The summed E-state index contributed by atoms with van der Waals surface area (Å²) in [5.41, 5.74) is -0.0690. The Morgan fingerprint density at radius 2 is 1.44 bits per heavy atom. The Bertz CT molecular complexity index is 831. The summed E-state index contributed by atoms with van der Waals surface area (Å²) in [6, 6.07) is 1.82. The zero-order chi connectivity index (χ0) is 21.7. The highest BCUT2D eigenvalue weighted by atomic mass is 16.2. The summed E-state index contributed by atoms with van der Waals surface area (Å²) in [5.74, 6) is 3.73. The minimum Gasteiger partial charge on any atom is -0.340 e. The Hall–Kier alpha value is -2.18. The average Bonchev–Trinajstić information content (AvgIpc) is 2.83. The highest BCUT2D eigenvalue weighted by molar-refractivity contribution is 5.84. The molecule has 7 nitrogen and oxygen atoms in total. The summed E-state index contributed by atoms with van der Waals surface area (Å²) < 4.78 is 0. The van der Waals surface area contributed by atoms with Gasteiger partial charge in [-0.05, 0) is 75.2 Å². The fourth-order valence-electron chi connectivity index (χ4n) is 7.91. The van der Waals surface area contributed by atoms with Crippen LogP contribution in [-0.4, -0.2) is 70.9 Å². The van der Waals surface area contributed by atoms with Crippen LogP contribution in [0, 0.1) is 29.1 Å². The summed E-state index contributed by atoms with van der Waals surface area (Å²) in [6.07, 6.45) is 12.9. The molecule has 1 aromatic rings. The predicted molar refractivity (Wildman–Crippen MR) is 121 cm³/mol. The average molecular weight is 438 g/mol. The van der Waals surface area contributed by atoms with Crippen LogP contribution < -0.4 is 4.90 Å². The molecule has 2 aliphatic heterocycles. The smallest absolute Gasteiger partial charge is 0.228 e. The van der Waals surface area contributed by atoms with Crippen LogP contribution in [0.4, 0.5) is 5.95 Å². The standard InChI is InChI=1S/C25H35N5O2/c31-22(21-3-1-6-30(17-21)24-26-4-2-5-27-24)28-7-9-29(10-8-28)23(32)25-14-18-11-19(15-25)13-20(12-18)16-25/h2,4-5,18-21H,1,3,6-17H2. The fraction of sp³-hybridized carbons (Fsp3) is 0.760. The third-order valence-corrected chi connectivity index (χ3v) is 8.98. The molecule has 0 spiro atoms. The number of aromatic nitrogens is 2. The zero-order valence-corrected chi connectivity index (χ0v) is 19.0. The van der Waals surface area contributed by atoms with E-state index in [1.165, 1.54) is 19.3 Å². The van der Waals surface area contributed by atoms with E-state index in [2.05, 4.69) is 19.8 Å². The van der Waals surface area contributed by atoms with Gasteiger partial charge in [0.1, 0.15) is 0 Å². The number of nitrogens with zero attached hydrogens (tertiary/aromatic N) is 5. The first kappa shape index (κ1) is 20.4. The van der Waals surface area contributed by atoms with Crippen LogP contribution >= 0.6 is 0 Å².